The van der Waals surface area contributed by atoms with E-state index >= 15 is 0 Å². The second-order valence-electron chi connectivity index (χ2n) is 6.79. The standard InChI is InChI=1S/C21H25N7O/c1-5-27(6-2)19-9-7-17(13-23-19)26-20(29)10-8-18-14(3)25-21-16(11-22)12-24-28(21)15(18)4/h7,9,12-13H,5-6,8,10H2,1-4H3,(H,26,29). The summed E-state index contributed by atoms with van der Waals surface area (Å²) in [6.07, 6.45) is 4.06. The third kappa shape index (κ3) is 4.19. The molecule has 0 saturated heterocycles. The van der Waals surface area contributed by atoms with Crippen molar-refractivity contribution in [2.75, 3.05) is 23.3 Å². The molecule has 3 aromatic rings. The molecule has 0 aliphatic heterocycles. The Balaban J connectivity index is 1.67. The van der Waals surface area contributed by atoms with Crippen LogP contribution in [0.3, 0.4) is 0 Å². The van der Waals surface area contributed by atoms with Gasteiger partial charge in [0.2, 0.25) is 5.91 Å². The molecule has 3 rings (SSSR count). The van der Waals surface area contributed by atoms with E-state index in [4.69, 9.17) is 5.26 Å². The molecule has 0 radical (unpaired) electrons. The highest BCUT2D eigenvalue weighted by Gasteiger charge is 2.15. The number of pyridine rings is 1. The van der Waals surface area contributed by atoms with Crippen LogP contribution < -0.4 is 10.2 Å². The maximum absolute atomic E-state index is 12.4. The van der Waals surface area contributed by atoms with E-state index in [-0.39, 0.29) is 5.91 Å². The van der Waals surface area contributed by atoms with Crippen LogP contribution in [-0.2, 0) is 11.2 Å². The second kappa shape index (κ2) is 8.69. The maximum atomic E-state index is 12.4. The third-order valence-corrected chi connectivity index (χ3v) is 5.05. The number of aryl methyl sites for hydroxylation is 2. The molecule has 150 valence electrons. The van der Waals surface area contributed by atoms with Crippen molar-refractivity contribution in [3.63, 3.8) is 0 Å². The van der Waals surface area contributed by atoms with Gasteiger partial charge in [-0.25, -0.2) is 14.5 Å². The lowest BCUT2D eigenvalue weighted by Crippen LogP contribution is -2.23. The zero-order valence-electron chi connectivity index (χ0n) is 17.2. The highest BCUT2D eigenvalue weighted by molar-refractivity contribution is 5.90. The van der Waals surface area contributed by atoms with Gasteiger partial charge in [-0.15, -0.1) is 0 Å². The van der Waals surface area contributed by atoms with E-state index in [0.29, 0.717) is 29.7 Å². The van der Waals surface area contributed by atoms with Gasteiger partial charge in [-0.1, -0.05) is 0 Å². The average molecular weight is 391 g/mol. The van der Waals surface area contributed by atoms with Crippen molar-refractivity contribution in [3.8, 4) is 6.07 Å². The molecule has 0 unspecified atom stereocenters. The smallest absolute Gasteiger partial charge is 0.224 e. The number of carbonyl (C=O) groups excluding carboxylic acids is 1. The molecule has 0 aliphatic carbocycles. The molecular weight excluding hydrogens is 366 g/mol. The number of hydrogen-bond donors (Lipinski definition) is 1. The number of anilines is 2. The van der Waals surface area contributed by atoms with Gasteiger partial charge in [0.15, 0.2) is 5.65 Å². The second-order valence-corrected chi connectivity index (χ2v) is 6.79. The van der Waals surface area contributed by atoms with Gasteiger partial charge < -0.3 is 10.2 Å². The van der Waals surface area contributed by atoms with Crippen molar-refractivity contribution in [1.82, 2.24) is 19.6 Å². The summed E-state index contributed by atoms with van der Waals surface area (Å²) in [6.45, 7) is 9.77. The predicted octanol–water partition coefficient (Wildman–Crippen LogP) is 3.03. The highest BCUT2D eigenvalue weighted by atomic mass is 16.1. The number of fused-ring (bicyclic) bond motifs is 1. The number of nitriles is 1. The molecule has 3 heterocycles. The Hall–Kier alpha value is -3.47. The molecule has 8 heteroatoms. The van der Waals surface area contributed by atoms with Gasteiger partial charge in [0.05, 0.1) is 18.1 Å². The van der Waals surface area contributed by atoms with Gasteiger partial charge in [-0.05, 0) is 51.8 Å². The van der Waals surface area contributed by atoms with Crippen LogP contribution in [0.15, 0.2) is 24.5 Å². The summed E-state index contributed by atoms with van der Waals surface area (Å²) in [5.74, 6) is 0.814. The highest BCUT2D eigenvalue weighted by Crippen LogP contribution is 2.19. The van der Waals surface area contributed by atoms with Crippen LogP contribution >= 0.6 is 0 Å². The Bertz CT molecular complexity index is 1060. The molecule has 29 heavy (non-hydrogen) atoms. The van der Waals surface area contributed by atoms with Crippen LogP contribution in [0, 0.1) is 25.2 Å². The summed E-state index contributed by atoms with van der Waals surface area (Å²) in [7, 11) is 0. The van der Waals surface area contributed by atoms with Gasteiger partial charge in [0.25, 0.3) is 0 Å². The first kappa shape index (κ1) is 20.3. The molecule has 1 amide bonds. The van der Waals surface area contributed by atoms with Crippen molar-refractivity contribution >= 4 is 23.1 Å². The van der Waals surface area contributed by atoms with E-state index < -0.39 is 0 Å². The van der Waals surface area contributed by atoms with Gasteiger partial charge in [0, 0.05) is 30.9 Å². The Kier molecular flexibility index (Phi) is 6.07. The normalized spacial score (nSPS) is 10.7. The summed E-state index contributed by atoms with van der Waals surface area (Å²) in [5, 5.41) is 16.3. The summed E-state index contributed by atoms with van der Waals surface area (Å²) in [6, 6.07) is 5.89. The largest absolute Gasteiger partial charge is 0.357 e. The molecule has 1 N–H and O–H groups in total. The van der Waals surface area contributed by atoms with E-state index in [9.17, 15) is 4.79 Å². The fraction of sp³-hybridized carbons (Fsp3) is 0.381. The number of nitrogens with zero attached hydrogens (tertiary/aromatic N) is 6. The first-order chi connectivity index (χ1) is 14.0. The number of hydrogen-bond acceptors (Lipinski definition) is 6. The summed E-state index contributed by atoms with van der Waals surface area (Å²) in [5.41, 5.74) is 4.35. The Morgan fingerprint density at radius 2 is 2.00 bits per heavy atom. The Morgan fingerprint density at radius 1 is 1.24 bits per heavy atom. The minimum Gasteiger partial charge on any atom is -0.357 e. The van der Waals surface area contributed by atoms with Gasteiger partial charge in [-0.2, -0.15) is 10.4 Å². The topological polar surface area (TPSA) is 99.2 Å². The molecular formula is C21H25N7O. The summed E-state index contributed by atoms with van der Waals surface area (Å²) in [4.78, 5) is 23.5. The van der Waals surface area contributed by atoms with Crippen LogP contribution in [0.1, 0.15) is 42.8 Å². The zero-order chi connectivity index (χ0) is 21.0. The van der Waals surface area contributed by atoms with E-state index in [2.05, 4.69) is 45.2 Å². The average Bonchev–Trinajstić information content (AvgIpc) is 3.13. The fourth-order valence-electron chi connectivity index (χ4n) is 3.41. The van der Waals surface area contributed by atoms with Crippen LogP contribution in [0.5, 0.6) is 0 Å². The van der Waals surface area contributed by atoms with Gasteiger partial charge >= 0.3 is 0 Å². The van der Waals surface area contributed by atoms with Crippen molar-refractivity contribution in [3.05, 3.63) is 47.0 Å². The quantitative estimate of drug-likeness (QED) is 0.665. The number of amides is 1. The lowest BCUT2D eigenvalue weighted by atomic mass is 10.1. The monoisotopic (exact) mass is 391 g/mol. The van der Waals surface area contributed by atoms with E-state index in [1.165, 1.54) is 6.20 Å². The van der Waals surface area contributed by atoms with Crippen molar-refractivity contribution in [2.45, 2.75) is 40.5 Å². The molecule has 0 aliphatic rings. The molecule has 0 fully saturated rings. The van der Waals surface area contributed by atoms with Crippen molar-refractivity contribution in [1.29, 1.82) is 5.26 Å². The lowest BCUT2D eigenvalue weighted by molar-refractivity contribution is -0.116. The predicted molar refractivity (Wildman–Crippen MR) is 112 cm³/mol. The number of nitrogens with one attached hydrogen (secondary N) is 1. The molecule has 0 atom stereocenters. The van der Waals surface area contributed by atoms with Crippen LogP contribution in [0.25, 0.3) is 5.65 Å². The van der Waals surface area contributed by atoms with Gasteiger partial charge in [0.1, 0.15) is 17.5 Å². The number of carbonyl (C=O) groups is 1. The Labute approximate surface area is 170 Å². The van der Waals surface area contributed by atoms with Gasteiger partial charge in [-0.3, -0.25) is 4.79 Å². The third-order valence-electron chi connectivity index (χ3n) is 5.05. The minimum absolute atomic E-state index is 0.0838. The molecule has 0 spiro atoms. The van der Waals surface area contributed by atoms with Crippen molar-refractivity contribution in [2.24, 2.45) is 0 Å². The summed E-state index contributed by atoms with van der Waals surface area (Å²) < 4.78 is 1.66. The zero-order valence-corrected chi connectivity index (χ0v) is 17.2. The van der Waals surface area contributed by atoms with Crippen LogP contribution in [0.4, 0.5) is 11.5 Å². The molecule has 0 aromatic carbocycles. The summed E-state index contributed by atoms with van der Waals surface area (Å²) >= 11 is 0. The molecule has 0 bridgehead atoms. The molecule has 0 saturated carbocycles. The fourth-order valence-corrected chi connectivity index (χ4v) is 3.41. The molecule has 8 nitrogen and oxygen atoms in total. The minimum atomic E-state index is -0.0838. The first-order valence-corrected chi connectivity index (χ1v) is 9.73. The SMILES string of the molecule is CCN(CC)c1ccc(NC(=O)CCc2c(C)nc3c(C#N)cnn3c2C)cn1. The van der Waals surface area contributed by atoms with E-state index in [1.54, 1.807) is 10.7 Å². The number of rotatable bonds is 7. The molecule has 3 aromatic heterocycles. The Morgan fingerprint density at radius 3 is 2.62 bits per heavy atom. The van der Waals surface area contributed by atoms with E-state index in [0.717, 1.165) is 35.9 Å². The van der Waals surface area contributed by atoms with E-state index in [1.807, 2.05) is 26.0 Å². The van der Waals surface area contributed by atoms with Crippen LogP contribution in [0.2, 0.25) is 0 Å². The van der Waals surface area contributed by atoms with Crippen molar-refractivity contribution < 1.29 is 4.79 Å². The maximum Gasteiger partial charge on any atom is 0.224 e. The number of aromatic nitrogens is 4. The lowest BCUT2D eigenvalue weighted by Gasteiger charge is -2.19. The van der Waals surface area contributed by atoms with Crippen LogP contribution in [-0.4, -0.2) is 38.6 Å². The first-order valence-electron chi connectivity index (χ1n) is 9.73.